The Morgan fingerprint density at radius 3 is 2.21 bits per heavy atom. The standard InChI is InChI=1S/C14H21NO3S/c1-11(2)12-4-6-13(7-5-12)19(17,18)15-14(10-16)8-3-9-14/h4-7,11,15-16H,3,8-10H2,1-2H3. The summed E-state index contributed by atoms with van der Waals surface area (Å²) < 4.78 is 27.2. The van der Waals surface area contributed by atoms with Crippen molar-refractivity contribution in [1.82, 2.24) is 4.72 Å². The van der Waals surface area contributed by atoms with Crippen LogP contribution in [0.4, 0.5) is 0 Å². The minimum atomic E-state index is -3.54. The Hall–Kier alpha value is -0.910. The zero-order valence-corrected chi connectivity index (χ0v) is 12.2. The van der Waals surface area contributed by atoms with Gasteiger partial charge in [-0.15, -0.1) is 0 Å². The van der Waals surface area contributed by atoms with E-state index in [1.54, 1.807) is 12.1 Å². The third kappa shape index (κ3) is 2.99. The minimum Gasteiger partial charge on any atom is -0.394 e. The van der Waals surface area contributed by atoms with E-state index >= 15 is 0 Å². The van der Waals surface area contributed by atoms with Gasteiger partial charge in [-0.1, -0.05) is 26.0 Å². The molecule has 1 aliphatic rings. The number of aliphatic hydroxyl groups is 1. The molecule has 0 unspecified atom stereocenters. The minimum absolute atomic E-state index is 0.143. The van der Waals surface area contributed by atoms with Crippen molar-refractivity contribution in [2.24, 2.45) is 0 Å². The van der Waals surface area contributed by atoms with Gasteiger partial charge >= 0.3 is 0 Å². The molecule has 2 rings (SSSR count). The van der Waals surface area contributed by atoms with Crippen molar-refractivity contribution in [2.75, 3.05) is 6.61 Å². The van der Waals surface area contributed by atoms with Crippen LogP contribution in [0.5, 0.6) is 0 Å². The van der Waals surface area contributed by atoms with Crippen molar-refractivity contribution in [3.63, 3.8) is 0 Å². The van der Waals surface area contributed by atoms with Gasteiger partial charge in [0.05, 0.1) is 17.0 Å². The average molecular weight is 283 g/mol. The lowest BCUT2D eigenvalue weighted by atomic mass is 9.78. The molecule has 1 aromatic rings. The predicted molar refractivity (Wildman–Crippen MR) is 74.5 cm³/mol. The van der Waals surface area contributed by atoms with E-state index in [1.165, 1.54) is 0 Å². The second-order valence-corrected chi connectivity index (χ2v) is 7.30. The van der Waals surface area contributed by atoms with Gasteiger partial charge in [0.15, 0.2) is 0 Å². The van der Waals surface area contributed by atoms with E-state index in [0.29, 0.717) is 18.8 Å². The zero-order valence-electron chi connectivity index (χ0n) is 11.4. The summed E-state index contributed by atoms with van der Waals surface area (Å²) in [6.07, 6.45) is 2.36. The summed E-state index contributed by atoms with van der Waals surface area (Å²) in [4.78, 5) is 0.261. The fourth-order valence-corrected chi connectivity index (χ4v) is 3.72. The van der Waals surface area contributed by atoms with Gasteiger partial charge in [-0.05, 0) is 42.9 Å². The maximum absolute atomic E-state index is 12.3. The normalized spacial score (nSPS) is 18.3. The van der Waals surface area contributed by atoms with Gasteiger partial charge in [-0.25, -0.2) is 13.1 Å². The van der Waals surface area contributed by atoms with Crippen LogP contribution in [0.2, 0.25) is 0 Å². The summed E-state index contributed by atoms with van der Waals surface area (Å²) in [6, 6.07) is 6.93. The molecule has 2 N–H and O–H groups in total. The average Bonchev–Trinajstić information content (AvgIpc) is 2.34. The quantitative estimate of drug-likeness (QED) is 0.868. The van der Waals surface area contributed by atoms with Crippen molar-refractivity contribution in [3.05, 3.63) is 29.8 Å². The number of benzene rings is 1. The van der Waals surface area contributed by atoms with Crippen molar-refractivity contribution < 1.29 is 13.5 Å². The molecule has 4 nitrogen and oxygen atoms in total. The summed E-state index contributed by atoms with van der Waals surface area (Å²) in [5.74, 6) is 0.375. The van der Waals surface area contributed by atoms with Gasteiger partial charge in [0.1, 0.15) is 0 Å². The number of rotatable bonds is 5. The Morgan fingerprint density at radius 1 is 1.26 bits per heavy atom. The Bertz CT molecular complexity index is 525. The monoisotopic (exact) mass is 283 g/mol. The molecule has 0 atom stereocenters. The largest absolute Gasteiger partial charge is 0.394 e. The second kappa shape index (κ2) is 5.23. The summed E-state index contributed by atoms with van der Waals surface area (Å²) in [5, 5.41) is 9.34. The number of nitrogens with one attached hydrogen (secondary N) is 1. The van der Waals surface area contributed by atoms with Gasteiger partial charge in [-0.3, -0.25) is 0 Å². The highest BCUT2D eigenvalue weighted by Crippen LogP contribution is 2.33. The summed E-state index contributed by atoms with van der Waals surface area (Å²) in [6.45, 7) is 3.99. The Balaban J connectivity index is 2.19. The molecule has 0 aliphatic heterocycles. The molecular weight excluding hydrogens is 262 g/mol. The van der Waals surface area contributed by atoms with Crippen LogP contribution in [0.25, 0.3) is 0 Å². The number of sulfonamides is 1. The Labute approximate surface area is 114 Å². The molecule has 0 bridgehead atoms. The lowest BCUT2D eigenvalue weighted by Crippen LogP contribution is -2.55. The van der Waals surface area contributed by atoms with Crippen LogP contribution in [-0.4, -0.2) is 25.7 Å². The molecule has 0 aromatic heterocycles. The first kappa shape index (κ1) is 14.5. The van der Waals surface area contributed by atoms with E-state index in [9.17, 15) is 13.5 Å². The zero-order chi connectivity index (χ0) is 14.1. The lowest BCUT2D eigenvalue weighted by molar-refractivity contribution is 0.110. The van der Waals surface area contributed by atoms with Crippen LogP contribution in [0.1, 0.15) is 44.6 Å². The predicted octanol–water partition coefficient (Wildman–Crippen LogP) is 2.00. The molecule has 1 aromatic carbocycles. The first-order valence-corrected chi connectivity index (χ1v) is 8.12. The molecule has 5 heteroatoms. The van der Waals surface area contributed by atoms with E-state index in [1.807, 2.05) is 12.1 Å². The van der Waals surface area contributed by atoms with E-state index < -0.39 is 15.6 Å². The van der Waals surface area contributed by atoms with Crippen LogP contribution >= 0.6 is 0 Å². The molecule has 0 spiro atoms. The Kier molecular flexibility index (Phi) is 3.99. The van der Waals surface area contributed by atoms with Crippen LogP contribution < -0.4 is 4.72 Å². The van der Waals surface area contributed by atoms with Crippen LogP contribution in [0, 0.1) is 0 Å². The molecule has 0 saturated heterocycles. The molecular formula is C14H21NO3S. The highest BCUT2D eigenvalue weighted by atomic mass is 32.2. The van der Waals surface area contributed by atoms with E-state index in [0.717, 1.165) is 12.0 Å². The number of hydrogen-bond acceptors (Lipinski definition) is 3. The third-order valence-electron chi connectivity index (χ3n) is 3.82. The molecule has 1 aliphatic carbocycles. The van der Waals surface area contributed by atoms with Gasteiger partial charge in [0, 0.05) is 0 Å². The molecule has 106 valence electrons. The summed E-state index contributed by atoms with van der Waals surface area (Å²) in [5.41, 5.74) is 0.467. The number of hydrogen-bond donors (Lipinski definition) is 2. The van der Waals surface area contributed by atoms with Gasteiger partial charge in [0.25, 0.3) is 0 Å². The van der Waals surface area contributed by atoms with Gasteiger partial charge in [0.2, 0.25) is 10.0 Å². The van der Waals surface area contributed by atoms with Gasteiger partial charge in [-0.2, -0.15) is 0 Å². The van der Waals surface area contributed by atoms with Crippen LogP contribution in [0.3, 0.4) is 0 Å². The molecule has 1 fully saturated rings. The maximum Gasteiger partial charge on any atom is 0.241 e. The molecule has 1 saturated carbocycles. The highest BCUT2D eigenvalue weighted by Gasteiger charge is 2.40. The third-order valence-corrected chi connectivity index (χ3v) is 5.42. The topological polar surface area (TPSA) is 66.4 Å². The van der Waals surface area contributed by atoms with Crippen molar-refractivity contribution in [1.29, 1.82) is 0 Å². The summed E-state index contributed by atoms with van der Waals surface area (Å²) in [7, 11) is -3.54. The molecule has 19 heavy (non-hydrogen) atoms. The van der Waals surface area contributed by atoms with Crippen molar-refractivity contribution >= 4 is 10.0 Å². The SMILES string of the molecule is CC(C)c1ccc(S(=O)(=O)NC2(CO)CCC2)cc1. The lowest BCUT2D eigenvalue weighted by Gasteiger charge is -2.40. The molecule has 0 amide bonds. The van der Waals surface area contributed by atoms with Crippen LogP contribution in [0.15, 0.2) is 29.2 Å². The maximum atomic E-state index is 12.3. The fraction of sp³-hybridized carbons (Fsp3) is 0.571. The van der Waals surface area contributed by atoms with E-state index in [4.69, 9.17) is 0 Å². The van der Waals surface area contributed by atoms with E-state index in [-0.39, 0.29) is 11.5 Å². The molecule has 0 heterocycles. The second-order valence-electron chi connectivity index (χ2n) is 5.62. The smallest absolute Gasteiger partial charge is 0.241 e. The first-order chi connectivity index (χ1) is 8.88. The van der Waals surface area contributed by atoms with Crippen molar-refractivity contribution in [3.8, 4) is 0 Å². The first-order valence-electron chi connectivity index (χ1n) is 6.63. The fourth-order valence-electron chi connectivity index (χ4n) is 2.27. The highest BCUT2D eigenvalue weighted by molar-refractivity contribution is 7.89. The number of aliphatic hydroxyl groups excluding tert-OH is 1. The van der Waals surface area contributed by atoms with Gasteiger partial charge < -0.3 is 5.11 Å². The van der Waals surface area contributed by atoms with Crippen molar-refractivity contribution in [2.45, 2.75) is 49.5 Å². The summed E-state index contributed by atoms with van der Waals surface area (Å²) >= 11 is 0. The Morgan fingerprint density at radius 2 is 1.84 bits per heavy atom. The molecule has 0 radical (unpaired) electrons. The van der Waals surface area contributed by atoms with Crippen LogP contribution in [-0.2, 0) is 10.0 Å². The van der Waals surface area contributed by atoms with E-state index in [2.05, 4.69) is 18.6 Å².